The summed E-state index contributed by atoms with van der Waals surface area (Å²) in [5.41, 5.74) is 0.814. The topological polar surface area (TPSA) is 50.7 Å². The van der Waals surface area contributed by atoms with Crippen LogP contribution in [-0.2, 0) is 11.3 Å². The van der Waals surface area contributed by atoms with Crippen molar-refractivity contribution in [2.24, 2.45) is 0 Å². The second-order valence-corrected chi connectivity index (χ2v) is 6.74. The summed E-state index contributed by atoms with van der Waals surface area (Å²) in [6.07, 6.45) is -0.704. The molecule has 0 aliphatic rings. The summed E-state index contributed by atoms with van der Waals surface area (Å²) in [7, 11) is 1.52. The van der Waals surface area contributed by atoms with Crippen LogP contribution >= 0.6 is 23.2 Å². The van der Waals surface area contributed by atoms with E-state index in [1.54, 1.807) is 6.07 Å². The molecule has 1 aromatic carbocycles. The minimum atomic E-state index is -0.704. The zero-order valence-electron chi connectivity index (χ0n) is 12.9. The van der Waals surface area contributed by atoms with E-state index in [2.05, 4.69) is 26.1 Å². The molecule has 0 amide bonds. The lowest BCUT2D eigenvalue weighted by molar-refractivity contribution is 0.0323. The van der Waals surface area contributed by atoms with E-state index in [9.17, 15) is 5.11 Å². The minimum Gasteiger partial charge on any atom is -0.489 e. The summed E-state index contributed by atoms with van der Waals surface area (Å²) >= 11 is 12.2. The number of nitrogens with one attached hydrogen (secondary N) is 1. The number of halogens is 2. The second kappa shape index (κ2) is 8.20. The number of hydrogen-bond donors (Lipinski definition) is 2. The predicted molar refractivity (Wildman–Crippen MR) is 86.4 cm³/mol. The molecule has 1 unspecified atom stereocenters. The maximum absolute atomic E-state index is 9.67. The number of ether oxygens (including phenoxy) is 2. The maximum atomic E-state index is 9.67. The molecule has 1 rings (SSSR count). The normalized spacial score (nSPS) is 13.3. The second-order valence-electron chi connectivity index (χ2n) is 5.90. The molecule has 120 valence electrons. The van der Waals surface area contributed by atoms with Crippen molar-refractivity contribution in [2.75, 3.05) is 20.3 Å². The third-order valence-corrected chi connectivity index (χ3v) is 3.17. The molecule has 0 bridgehead atoms. The average Bonchev–Trinajstić information content (AvgIpc) is 2.34. The summed E-state index contributed by atoms with van der Waals surface area (Å²) in [6, 6.07) is 3.44. The van der Waals surface area contributed by atoms with Crippen LogP contribution in [0.2, 0.25) is 10.0 Å². The molecule has 0 saturated heterocycles. The fraction of sp³-hybridized carbons (Fsp3) is 0.600. The fourth-order valence-electron chi connectivity index (χ4n) is 1.69. The van der Waals surface area contributed by atoms with Crippen LogP contribution in [0.1, 0.15) is 26.3 Å². The van der Waals surface area contributed by atoms with Crippen LogP contribution in [0.15, 0.2) is 12.1 Å². The zero-order chi connectivity index (χ0) is 16.0. The first-order valence-electron chi connectivity index (χ1n) is 6.75. The molecule has 0 fully saturated rings. The summed E-state index contributed by atoms with van der Waals surface area (Å²) in [6.45, 7) is 7.10. The highest BCUT2D eigenvalue weighted by molar-refractivity contribution is 6.35. The molecule has 0 saturated carbocycles. The third kappa shape index (κ3) is 6.85. The Morgan fingerprint density at radius 3 is 2.48 bits per heavy atom. The Morgan fingerprint density at radius 2 is 1.90 bits per heavy atom. The molecule has 0 aromatic heterocycles. The minimum absolute atomic E-state index is 0.0401. The van der Waals surface area contributed by atoms with Gasteiger partial charge in [-0.2, -0.15) is 0 Å². The Bertz CT molecular complexity index is 461. The van der Waals surface area contributed by atoms with Gasteiger partial charge in [-0.3, -0.25) is 0 Å². The Balaban J connectivity index is 2.85. The van der Waals surface area contributed by atoms with Gasteiger partial charge in [0.1, 0.15) is 18.5 Å². The molecule has 4 nitrogen and oxygen atoms in total. The van der Waals surface area contributed by atoms with Gasteiger partial charge in [0.25, 0.3) is 0 Å². The van der Waals surface area contributed by atoms with Gasteiger partial charge in [0, 0.05) is 29.8 Å². The lowest BCUT2D eigenvalue weighted by Gasteiger charge is -2.22. The molecule has 0 aliphatic heterocycles. The first-order valence-corrected chi connectivity index (χ1v) is 7.51. The molecule has 21 heavy (non-hydrogen) atoms. The van der Waals surface area contributed by atoms with Crippen LogP contribution in [0.5, 0.6) is 5.75 Å². The number of aliphatic hydroxyl groups excluding tert-OH is 1. The van der Waals surface area contributed by atoms with Crippen LogP contribution in [0.3, 0.4) is 0 Å². The molecule has 1 atom stereocenters. The predicted octanol–water partition coefficient (Wildman–Crippen LogP) is 3.27. The molecular weight excluding hydrogens is 313 g/mol. The lowest BCUT2D eigenvalue weighted by atomic mass is 10.1. The van der Waals surface area contributed by atoms with Crippen molar-refractivity contribution in [3.8, 4) is 5.75 Å². The van der Waals surface area contributed by atoms with Gasteiger partial charge in [0.15, 0.2) is 0 Å². The van der Waals surface area contributed by atoms with Crippen molar-refractivity contribution < 1.29 is 14.6 Å². The number of methoxy groups -OCH3 is 1. The summed E-state index contributed by atoms with van der Waals surface area (Å²) < 4.78 is 10.5. The van der Waals surface area contributed by atoms with E-state index in [4.69, 9.17) is 32.7 Å². The molecule has 0 spiro atoms. The van der Waals surface area contributed by atoms with Crippen LogP contribution in [0.25, 0.3) is 0 Å². The molecular formula is C15H23Cl2NO3. The summed E-state index contributed by atoms with van der Waals surface area (Å²) in [5, 5.41) is 14.0. The van der Waals surface area contributed by atoms with E-state index in [0.29, 0.717) is 22.3 Å². The maximum Gasteiger partial charge on any atom is 0.142 e. The molecule has 6 heteroatoms. The highest BCUT2D eigenvalue weighted by Gasteiger charge is 2.16. The Hall–Kier alpha value is -0.520. The third-order valence-electron chi connectivity index (χ3n) is 2.67. The molecule has 0 aliphatic carbocycles. The van der Waals surface area contributed by atoms with Gasteiger partial charge in [-0.1, -0.05) is 23.2 Å². The van der Waals surface area contributed by atoms with Gasteiger partial charge in [-0.15, -0.1) is 0 Å². The van der Waals surface area contributed by atoms with Crippen molar-refractivity contribution >= 4 is 23.2 Å². The van der Waals surface area contributed by atoms with Gasteiger partial charge in [0.05, 0.1) is 11.6 Å². The average molecular weight is 336 g/mol. The quantitative estimate of drug-likeness (QED) is 0.802. The SMILES string of the molecule is COCC(O)COc1c(Cl)cc(Cl)cc1CNC(C)(C)C. The van der Waals surface area contributed by atoms with Crippen LogP contribution in [0, 0.1) is 0 Å². The smallest absolute Gasteiger partial charge is 0.142 e. The van der Waals surface area contributed by atoms with Gasteiger partial charge in [0.2, 0.25) is 0 Å². The Labute approximate surface area is 136 Å². The zero-order valence-corrected chi connectivity index (χ0v) is 14.4. The largest absolute Gasteiger partial charge is 0.489 e. The van der Waals surface area contributed by atoms with E-state index >= 15 is 0 Å². The molecule has 1 aromatic rings. The first-order chi connectivity index (χ1) is 9.73. The van der Waals surface area contributed by atoms with E-state index in [1.165, 1.54) is 7.11 Å². The summed E-state index contributed by atoms with van der Waals surface area (Å²) in [5.74, 6) is 0.535. The van der Waals surface area contributed by atoms with Crippen molar-refractivity contribution in [3.05, 3.63) is 27.7 Å². The fourth-order valence-corrected chi connectivity index (χ4v) is 2.28. The molecule has 0 heterocycles. The van der Waals surface area contributed by atoms with Gasteiger partial charge >= 0.3 is 0 Å². The van der Waals surface area contributed by atoms with E-state index in [1.807, 2.05) is 6.07 Å². The van der Waals surface area contributed by atoms with Crippen LogP contribution in [-0.4, -0.2) is 37.1 Å². The van der Waals surface area contributed by atoms with Gasteiger partial charge in [-0.25, -0.2) is 0 Å². The first kappa shape index (κ1) is 18.5. The highest BCUT2D eigenvalue weighted by atomic mass is 35.5. The molecule has 2 N–H and O–H groups in total. The number of benzene rings is 1. The summed E-state index contributed by atoms with van der Waals surface area (Å²) in [4.78, 5) is 0. The highest BCUT2D eigenvalue weighted by Crippen LogP contribution is 2.32. The van der Waals surface area contributed by atoms with E-state index in [-0.39, 0.29) is 18.8 Å². The van der Waals surface area contributed by atoms with Crippen molar-refractivity contribution in [3.63, 3.8) is 0 Å². The van der Waals surface area contributed by atoms with E-state index < -0.39 is 6.10 Å². The Morgan fingerprint density at radius 1 is 1.24 bits per heavy atom. The molecule has 0 radical (unpaired) electrons. The van der Waals surface area contributed by atoms with Crippen molar-refractivity contribution in [1.82, 2.24) is 5.32 Å². The lowest BCUT2D eigenvalue weighted by Crippen LogP contribution is -2.35. The number of hydrogen-bond acceptors (Lipinski definition) is 4. The standard InChI is InChI=1S/C15H23Cl2NO3/c1-15(2,3)18-7-10-5-11(16)6-13(17)14(10)21-9-12(19)8-20-4/h5-6,12,18-19H,7-9H2,1-4H3. The van der Waals surface area contributed by atoms with Gasteiger partial charge < -0.3 is 19.9 Å². The van der Waals surface area contributed by atoms with Crippen LogP contribution in [0.4, 0.5) is 0 Å². The number of aliphatic hydroxyl groups is 1. The number of rotatable bonds is 7. The van der Waals surface area contributed by atoms with Crippen molar-refractivity contribution in [1.29, 1.82) is 0 Å². The van der Waals surface area contributed by atoms with Crippen molar-refractivity contribution in [2.45, 2.75) is 39.0 Å². The van der Waals surface area contributed by atoms with E-state index in [0.717, 1.165) is 5.56 Å². The Kier molecular flexibility index (Phi) is 7.24. The van der Waals surface area contributed by atoms with Gasteiger partial charge in [-0.05, 0) is 32.9 Å². The monoisotopic (exact) mass is 335 g/mol. The van der Waals surface area contributed by atoms with Crippen LogP contribution < -0.4 is 10.1 Å².